The molecule has 0 radical (unpaired) electrons. The van der Waals surface area contributed by atoms with E-state index in [0.29, 0.717) is 5.56 Å². The fourth-order valence-electron chi connectivity index (χ4n) is 5.92. The third kappa shape index (κ3) is 7.15. The molecule has 1 aliphatic heterocycles. The Morgan fingerprint density at radius 1 is 0.745 bits per heavy atom. The molecule has 238 valence electrons. The van der Waals surface area contributed by atoms with E-state index >= 15 is 0 Å². The van der Waals surface area contributed by atoms with Crippen LogP contribution in [0.25, 0.3) is 0 Å². The third-order valence-corrected chi connectivity index (χ3v) is 8.30. The van der Waals surface area contributed by atoms with E-state index in [9.17, 15) is 19.2 Å². The molecule has 0 spiro atoms. The minimum atomic E-state index is -0.897. The van der Waals surface area contributed by atoms with Crippen molar-refractivity contribution in [1.82, 2.24) is 9.55 Å². The Kier molecular flexibility index (Phi) is 9.54. The number of esters is 2. The topological polar surface area (TPSA) is 117 Å². The summed E-state index contributed by atoms with van der Waals surface area (Å²) in [6, 6.07) is 37.3. The monoisotopic (exact) mass is 630 g/mol. The lowest BCUT2D eigenvalue weighted by molar-refractivity contribution is -0.159. The molecule has 3 atom stereocenters. The van der Waals surface area contributed by atoms with Crippen LogP contribution in [0, 0.1) is 6.92 Å². The number of nitrogens with one attached hydrogen (secondary N) is 1. The minimum Gasteiger partial charge on any atom is -0.462 e. The number of H-pyrrole nitrogens is 1. The molecule has 6 rings (SSSR count). The van der Waals surface area contributed by atoms with Crippen LogP contribution >= 0.6 is 0 Å². The maximum absolute atomic E-state index is 14.0. The Morgan fingerprint density at radius 2 is 1.19 bits per heavy atom. The Morgan fingerprint density at radius 3 is 1.66 bits per heavy atom. The van der Waals surface area contributed by atoms with Crippen LogP contribution in [0.2, 0.25) is 0 Å². The summed E-state index contributed by atoms with van der Waals surface area (Å²) in [5.41, 5.74) is 2.19. The van der Waals surface area contributed by atoms with Gasteiger partial charge in [0.1, 0.15) is 36.9 Å². The van der Waals surface area contributed by atoms with Crippen molar-refractivity contribution >= 4 is 11.9 Å². The maximum atomic E-state index is 14.0. The summed E-state index contributed by atoms with van der Waals surface area (Å²) < 4.78 is 19.6. The van der Waals surface area contributed by atoms with E-state index in [2.05, 4.69) is 4.98 Å². The summed E-state index contributed by atoms with van der Waals surface area (Å²) in [4.78, 5) is 54.8. The summed E-state index contributed by atoms with van der Waals surface area (Å²) in [7, 11) is 0. The molecule has 0 bridgehead atoms. The van der Waals surface area contributed by atoms with E-state index in [0.717, 1.165) is 22.3 Å². The molecule has 1 aromatic heterocycles. The third-order valence-electron chi connectivity index (χ3n) is 8.30. The fourth-order valence-corrected chi connectivity index (χ4v) is 5.92. The Balaban J connectivity index is 1.28. The van der Waals surface area contributed by atoms with Crippen LogP contribution < -0.4 is 11.2 Å². The Bertz CT molecular complexity index is 1850. The van der Waals surface area contributed by atoms with Gasteiger partial charge in [0.25, 0.3) is 5.56 Å². The normalized spacial score (nSPS) is 17.5. The van der Waals surface area contributed by atoms with Gasteiger partial charge in [-0.05, 0) is 29.2 Å². The van der Waals surface area contributed by atoms with Crippen LogP contribution in [-0.4, -0.2) is 40.3 Å². The molecule has 1 saturated heterocycles. The summed E-state index contributed by atoms with van der Waals surface area (Å²) >= 11 is 0. The zero-order valence-corrected chi connectivity index (χ0v) is 25.7. The molecule has 9 heteroatoms. The van der Waals surface area contributed by atoms with E-state index in [1.807, 2.05) is 121 Å². The number of rotatable bonds is 10. The largest absolute Gasteiger partial charge is 0.462 e. The van der Waals surface area contributed by atoms with Crippen molar-refractivity contribution in [1.29, 1.82) is 0 Å². The van der Waals surface area contributed by atoms with Gasteiger partial charge in [-0.2, -0.15) is 0 Å². The van der Waals surface area contributed by atoms with Crippen LogP contribution in [0.5, 0.6) is 0 Å². The van der Waals surface area contributed by atoms with Crippen LogP contribution in [0.3, 0.4) is 0 Å². The average molecular weight is 631 g/mol. The summed E-state index contributed by atoms with van der Waals surface area (Å²) in [5, 5.41) is 0. The molecule has 4 aromatic carbocycles. The number of hydrogen-bond donors (Lipinski definition) is 1. The highest BCUT2D eigenvalue weighted by molar-refractivity contribution is 5.83. The lowest BCUT2D eigenvalue weighted by atomic mass is 9.91. The Labute approximate surface area is 271 Å². The molecule has 1 N–H and O–H groups in total. The number of carbonyl (C=O) groups is 2. The second-order valence-corrected chi connectivity index (χ2v) is 11.5. The van der Waals surface area contributed by atoms with Crippen LogP contribution in [0.1, 0.15) is 52.3 Å². The van der Waals surface area contributed by atoms with E-state index in [1.165, 1.54) is 10.8 Å². The van der Waals surface area contributed by atoms with Gasteiger partial charge < -0.3 is 14.2 Å². The number of benzene rings is 4. The predicted octanol–water partition coefficient (Wildman–Crippen LogP) is 5.25. The van der Waals surface area contributed by atoms with Gasteiger partial charge in [-0.25, -0.2) is 4.79 Å². The van der Waals surface area contributed by atoms with Crippen molar-refractivity contribution < 1.29 is 23.8 Å². The number of aromatic amines is 1. The highest BCUT2D eigenvalue weighted by atomic mass is 16.6. The van der Waals surface area contributed by atoms with E-state index in [4.69, 9.17) is 14.2 Å². The predicted molar refractivity (Wildman–Crippen MR) is 175 cm³/mol. The molecule has 5 aromatic rings. The fraction of sp³-hybridized carbons (Fsp3) is 0.211. The molecule has 2 heterocycles. The molecule has 9 nitrogen and oxygen atoms in total. The SMILES string of the molecule is Cc1cn([C@@H]2C[C@H](OC(=O)C(c3ccccc3)c3ccccc3)[C@@H](COC(=O)C(c3ccccc3)c3ccccc3)O2)c(=O)[nH]c1=O. The average Bonchev–Trinajstić information content (AvgIpc) is 3.49. The number of aryl methyl sites for hydroxylation is 1. The Hall–Kier alpha value is -5.54. The van der Waals surface area contributed by atoms with E-state index in [1.54, 1.807) is 6.92 Å². The molecule has 0 amide bonds. The van der Waals surface area contributed by atoms with Gasteiger partial charge in [0.05, 0.1) is 0 Å². The summed E-state index contributed by atoms with van der Waals surface area (Å²) in [6.07, 6.45) is -1.15. The zero-order chi connectivity index (χ0) is 32.8. The van der Waals surface area contributed by atoms with Gasteiger partial charge in [0.2, 0.25) is 0 Å². The number of carbonyl (C=O) groups excluding carboxylic acids is 2. The highest BCUT2D eigenvalue weighted by Gasteiger charge is 2.42. The summed E-state index contributed by atoms with van der Waals surface area (Å²) in [5.74, 6) is -2.42. The molecule has 0 aliphatic carbocycles. The quantitative estimate of drug-likeness (QED) is 0.210. The van der Waals surface area contributed by atoms with Crippen molar-refractivity contribution in [3.05, 3.63) is 176 Å². The number of nitrogens with zero attached hydrogens (tertiary/aromatic N) is 1. The second kappa shape index (κ2) is 14.3. The molecular formula is C38H34N2O7. The van der Waals surface area contributed by atoms with Gasteiger partial charge in [0, 0.05) is 18.2 Å². The van der Waals surface area contributed by atoms with Crippen molar-refractivity contribution in [2.45, 2.75) is 43.6 Å². The molecule has 0 saturated carbocycles. The van der Waals surface area contributed by atoms with E-state index in [-0.39, 0.29) is 13.0 Å². The first-order valence-corrected chi connectivity index (χ1v) is 15.4. The standard InChI is InChI=1S/C38H34N2O7/c1-25-23-40(38(44)39-35(25)41)32-22-30(47-37(43)34(28-18-10-4-11-19-28)29-20-12-5-13-21-29)31(46-32)24-45-36(42)33(26-14-6-2-7-15-26)27-16-8-3-9-17-27/h2-21,23,30-34H,22,24H2,1H3,(H,39,41,44)/t30-,31+,32-/m0/s1. The summed E-state index contributed by atoms with van der Waals surface area (Å²) in [6.45, 7) is 1.35. The van der Waals surface area contributed by atoms with Gasteiger partial charge in [-0.1, -0.05) is 121 Å². The van der Waals surface area contributed by atoms with Crippen LogP contribution in [0.4, 0.5) is 0 Å². The first-order valence-electron chi connectivity index (χ1n) is 15.4. The highest BCUT2D eigenvalue weighted by Crippen LogP contribution is 2.34. The van der Waals surface area contributed by atoms with Crippen molar-refractivity contribution in [3.8, 4) is 0 Å². The number of ether oxygens (including phenoxy) is 3. The second-order valence-electron chi connectivity index (χ2n) is 11.5. The molecule has 1 aliphatic rings. The number of hydrogen-bond acceptors (Lipinski definition) is 7. The van der Waals surface area contributed by atoms with Gasteiger partial charge in [-0.15, -0.1) is 0 Å². The lowest BCUT2D eigenvalue weighted by Gasteiger charge is -2.24. The molecule has 47 heavy (non-hydrogen) atoms. The number of aromatic nitrogens is 2. The van der Waals surface area contributed by atoms with Crippen LogP contribution in [-0.2, 0) is 23.8 Å². The first kappa shape index (κ1) is 31.4. The van der Waals surface area contributed by atoms with Gasteiger partial charge in [0.15, 0.2) is 0 Å². The van der Waals surface area contributed by atoms with Crippen molar-refractivity contribution in [3.63, 3.8) is 0 Å². The van der Waals surface area contributed by atoms with E-state index < -0.39 is 53.5 Å². The van der Waals surface area contributed by atoms with Gasteiger partial charge in [-0.3, -0.25) is 23.9 Å². The maximum Gasteiger partial charge on any atom is 0.330 e. The zero-order valence-electron chi connectivity index (χ0n) is 25.7. The van der Waals surface area contributed by atoms with Crippen LogP contribution in [0.15, 0.2) is 137 Å². The first-order chi connectivity index (χ1) is 22.9. The molecule has 0 unspecified atom stereocenters. The molecular weight excluding hydrogens is 596 g/mol. The van der Waals surface area contributed by atoms with Crippen molar-refractivity contribution in [2.75, 3.05) is 6.61 Å². The molecule has 1 fully saturated rings. The van der Waals surface area contributed by atoms with Crippen molar-refractivity contribution in [2.24, 2.45) is 0 Å². The smallest absolute Gasteiger partial charge is 0.330 e. The lowest BCUT2D eigenvalue weighted by Crippen LogP contribution is -2.34. The minimum absolute atomic E-state index is 0.0937. The van der Waals surface area contributed by atoms with Gasteiger partial charge >= 0.3 is 17.6 Å².